The van der Waals surface area contributed by atoms with Gasteiger partial charge in [-0.1, -0.05) is 13.3 Å². The van der Waals surface area contributed by atoms with Crippen LogP contribution in [0.4, 0.5) is 0 Å². The minimum Gasteiger partial charge on any atom is -0.356 e. The van der Waals surface area contributed by atoms with Crippen molar-refractivity contribution in [3.63, 3.8) is 0 Å². The van der Waals surface area contributed by atoms with Gasteiger partial charge in [0, 0.05) is 38.8 Å². The first kappa shape index (κ1) is 21.3. The van der Waals surface area contributed by atoms with Crippen LogP contribution >= 0.6 is 24.0 Å². The van der Waals surface area contributed by atoms with Gasteiger partial charge in [-0.05, 0) is 34.1 Å². The predicted octanol–water partition coefficient (Wildman–Crippen LogP) is 2.69. The summed E-state index contributed by atoms with van der Waals surface area (Å²) in [5.74, 6) is 0.913. The third-order valence-corrected chi connectivity index (χ3v) is 3.04. The molecule has 0 saturated carbocycles. The standard InChI is InChI=1S/C14H32N4.HI/c1-7-8-9-16-14(15-6)17-10-11-18(12(2)3)13(4)5;/h12-13H,7-11H2,1-6H3,(H2,15,16,17);1H. The van der Waals surface area contributed by atoms with Crippen LogP contribution in [0.1, 0.15) is 47.5 Å². The summed E-state index contributed by atoms with van der Waals surface area (Å²) in [7, 11) is 1.82. The Morgan fingerprint density at radius 3 is 2.00 bits per heavy atom. The molecule has 0 atom stereocenters. The maximum Gasteiger partial charge on any atom is 0.191 e. The van der Waals surface area contributed by atoms with Crippen molar-refractivity contribution in [2.24, 2.45) is 4.99 Å². The van der Waals surface area contributed by atoms with Crippen molar-refractivity contribution in [3.05, 3.63) is 0 Å². The van der Waals surface area contributed by atoms with E-state index < -0.39 is 0 Å². The van der Waals surface area contributed by atoms with E-state index in [0.29, 0.717) is 12.1 Å². The van der Waals surface area contributed by atoms with Crippen molar-refractivity contribution in [1.29, 1.82) is 0 Å². The van der Waals surface area contributed by atoms with Crippen LogP contribution in [0.25, 0.3) is 0 Å². The molecule has 0 aromatic rings. The Kier molecular flexibility index (Phi) is 14.5. The van der Waals surface area contributed by atoms with Crippen LogP contribution in [0.15, 0.2) is 4.99 Å². The summed E-state index contributed by atoms with van der Waals surface area (Å²) in [6, 6.07) is 1.17. The summed E-state index contributed by atoms with van der Waals surface area (Å²) in [5, 5.41) is 6.69. The van der Waals surface area contributed by atoms with Gasteiger partial charge in [-0.15, -0.1) is 24.0 Å². The molecule has 0 amide bonds. The second kappa shape index (κ2) is 13.0. The van der Waals surface area contributed by atoms with Crippen LogP contribution < -0.4 is 10.6 Å². The lowest BCUT2D eigenvalue weighted by molar-refractivity contribution is 0.178. The molecule has 0 aliphatic rings. The number of halogens is 1. The first-order valence-corrected chi connectivity index (χ1v) is 7.23. The van der Waals surface area contributed by atoms with Crippen molar-refractivity contribution in [3.8, 4) is 0 Å². The highest BCUT2D eigenvalue weighted by molar-refractivity contribution is 14.0. The Bertz CT molecular complexity index is 221. The molecule has 0 bridgehead atoms. The molecule has 0 aromatic carbocycles. The average molecular weight is 384 g/mol. The molecule has 0 rings (SSSR count). The largest absolute Gasteiger partial charge is 0.356 e. The topological polar surface area (TPSA) is 39.7 Å². The summed E-state index contributed by atoms with van der Waals surface area (Å²) in [6.45, 7) is 14.1. The molecule has 0 heterocycles. The summed E-state index contributed by atoms with van der Waals surface area (Å²) in [6.07, 6.45) is 2.39. The van der Waals surface area contributed by atoms with E-state index in [4.69, 9.17) is 0 Å². The molecule has 5 heteroatoms. The van der Waals surface area contributed by atoms with Crippen LogP contribution in [0.5, 0.6) is 0 Å². The number of aliphatic imine (C=N–C) groups is 1. The second-order valence-corrected chi connectivity index (χ2v) is 5.20. The highest BCUT2D eigenvalue weighted by Gasteiger charge is 2.12. The smallest absolute Gasteiger partial charge is 0.191 e. The maximum absolute atomic E-state index is 4.22. The molecule has 0 aromatic heterocycles. The van der Waals surface area contributed by atoms with Gasteiger partial charge in [-0.2, -0.15) is 0 Å². The Hall–Kier alpha value is -0.0400. The van der Waals surface area contributed by atoms with E-state index in [-0.39, 0.29) is 24.0 Å². The number of rotatable bonds is 8. The second-order valence-electron chi connectivity index (χ2n) is 5.20. The zero-order chi connectivity index (χ0) is 14.0. The van der Waals surface area contributed by atoms with E-state index in [1.165, 1.54) is 12.8 Å². The van der Waals surface area contributed by atoms with E-state index in [9.17, 15) is 0 Å². The number of hydrogen-bond acceptors (Lipinski definition) is 2. The Balaban J connectivity index is 0. The third-order valence-electron chi connectivity index (χ3n) is 3.04. The average Bonchev–Trinajstić information content (AvgIpc) is 2.31. The number of guanidine groups is 1. The van der Waals surface area contributed by atoms with Crippen molar-refractivity contribution in [1.82, 2.24) is 15.5 Å². The molecule has 4 nitrogen and oxygen atoms in total. The normalized spacial score (nSPS) is 11.9. The molecule has 19 heavy (non-hydrogen) atoms. The zero-order valence-corrected chi connectivity index (χ0v) is 15.8. The van der Waals surface area contributed by atoms with Gasteiger partial charge >= 0.3 is 0 Å². The van der Waals surface area contributed by atoms with E-state index in [2.05, 4.69) is 55.1 Å². The molecule has 116 valence electrons. The highest BCUT2D eigenvalue weighted by Crippen LogP contribution is 2.03. The molecule has 0 radical (unpaired) electrons. The summed E-state index contributed by atoms with van der Waals surface area (Å²) >= 11 is 0. The lowest BCUT2D eigenvalue weighted by Crippen LogP contribution is -2.45. The van der Waals surface area contributed by atoms with Crippen molar-refractivity contribution >= 4 is 29.9 Å². The first-order valence-electron chi connectivity index (χ1n) is 7.23. The molecule has 0 saturated heterocycles. The van der Waals surface area contributed by atoms with Gasteiger partial charge < -0.3 is 10.6 Å². The lowest BCUT2D eigenvalue weighted by Gasteiger charge is -2.30. The molecule has 0 unspecified atom stereocenters. The molecular weight excluding hydrogens is 351 g/mol. The molecular formula is C14H33IN4. The van der Waals surface area contributed by atoms with Crippen LogP contribution in [0.2, 0.25) is 0 Å². The molecule has 0 fully saturated rings. The van der Waals surface area contributed by atoms with E-state index in [1.54, 1.807) is 0 Å². The van der Waals surface area contributed by atoms with Crippen molar-refractivity contribution in [2.45, 2.75) is 59.5 Å². The zero-order valence-electron chi connectivity index (χ0n) is 13.5. The molecule has 0 aliphatic carbocycles. The van der Waals surface area contributed by atoms with Gasteiger partial charge in [0.1, 0.15) is 0 Å². The van der Waals surface area contributed by atoms with Crippen molar-refractivity contribution < 1.29 is 0 Å². The summed E-state index contributed by atoms with van der Waals surface area (Å²) in [4.78, 5) is 6.70. The SMILES string of the molecule is CCCCNC(=NC)NCCN(C(C)C)C(C)C.I. The Labute approximate surface area is 136 Å². The van der Waals surface area contributed by atoms with Gasteiger partial charge in [0.2, 0.25) is 0 Å². The first-order chi connectivity index (χ1) is 8.52. The molecule has 2 N–H and O–H groups in total. The number of hydrogen-bond donors (Lipinski definition) is 2. The fourth-order valence-corrected chi connectivity index (χ4v) is 2.02. The fourth-order valence-electron chi connectivity index (χ4n) is 2.02. The Morgan fingerprint density at radius 2 is 1.58 bits per heavy atom. The molecule has 0 spiro atoms. The monoisotopic (exact) mass is 384 g/mol. The van der Waals surface area contributed by atoms with Crippen LogP contribution in [-0.4, -0.2) is 49.6 Å². The number of unbranched alkanes of at least 4 members (excludes halogenated alkanes) is 1. The van der Waals surface area contributed by atoms with E-state index in [1.807, 2.05) is 7.05 Å². The van der Waals surface area contributed by atoms with Gasteiger partial charge in [0.15, 0.2) is 5.96 Å². The lowest BCUT2D eigenvalue weighted by atomic mass is 10.2. The van der Waals surface area contributed by atoms with Crippen LogP contribution in [0.3, 0.4) is 0 Å². The third kappa shape index (κ3) is 10.4. The van der Waals surface area contributed by atoms with Crippen molar-refractivity contribution in [2.75, 3.05) is 26.7 Å². The van der Waals surface area contributed by atoms with Crippen LogP contribution in [0, 0.1) is 0 Å². The minimum absolute atomic E-state index is 0. The highest BCUT2D eigenvalue weighted by atomic mass is 127. The van der Waals surface area contributed by atoms with Crippen LogP contribution in [-0.2, 0) is 0 Å². The minimum atomic E-state index is 0. The van der Waals surface area contributed by atoms with Gasteiger partial charge in [0.25, 0.3) is 0 Å². The summed E-state index contributed by atoms with van der Waals surface area (Å²) in [5.41, 5.74) is 0. The predicted molar refractivity (Wildman–Crippen MR) is 96.7 cm³/mol. The van der Waals surface area contributed by atoms with Gasteiger partial charge in [-0.25, -0.2) is 0 Å². The quantitative estimate of drug-likeness (QED) is 0.293. The molecule has 0 aliphatic heterocycles. The Morgan fingerprint density at radius 1 is 1.05 bits per heavy atom. The van der Waals surface area contributed by atoms with Gasteiger partial charge in [-0.3, -0.25) is 9.89 Å². The maximum atomic E-state index is 4.22. The van der Waals surface area contributed by atoms with E-state index in [0.717, 1.165) is 25.6 Å². The number of nitrogens with zero attached hydrogens (tertiary/aromatic N) is 2. The van der Waals surface area contributed by atoms with Gasteiger partial charge in [0.05, 0.1) is 0 Å². The fraction of sp³-hybridized carbons (Fsp3) is 0.929. The number of nitrogens with one attached hydrogen (secondary N) is 2. The van der Waals surface area contributed by atoms with E-state index >= 15 is 0 Å². The summed E-state index contributed by atoms with van der Waals surface area (Å²) < 4.78 is 0.